The van der Waals surface area contributed by atoms with E-state index < -0.39 is 0 Å². The average molecular weight is 277 g/mol. The SMILES string of the molecule is Oc1ccccc1/N=C/c1ccc(Br)cn1. The Bertz CT molecular complexity index is 509. The molecule has 1 aromatic carbocycles. The largest absolute Gasteiger partial charge is 0.506 e. The van der Waals surface area contributed by atoms with Gasteiger partial charge in [0.2, 0.25) is 0 Å². The summed E-state index contributed by atoms with van der Waals surface area (Å²) >= 11 is 3.31. The predicted molar refractivity (Wildman–Crippen MR) is 67.3 cm³/mol. The molecule has 1 heterocycles. The monoisotopic (exact) mass is 276 g/mol. The molecule has 0 radical (unpaired) electrons. The van der Waals surface area contributed by atoms with Gasteiger partial charge in [-0.1, -0.05) is 12.1 Å². The molecule has 80 valence electrons. The highest BCUT2D eigenvalue weighted by molar-refractivity contribution is 9.10. The van der Waals surface area contributed by atoms with Crippen molar-refractivity contribution in [1.82, 2.24) is 4.98 Å². The lowest BCUT2D eigenvalue weighted by Gasteiger charge is -1.96. The Balaban J connectivity index is 2.21. The molecule has 0 unspecified atom stereocenters. The van der Waals surface area contributed by atoms with Gasteiger partial charge in [0.15, 0.2) is 0 Å². The van der Waals surface area contributed by atoms with Crippen LogP contribution in [-0.2, 0) is 0 Å². The molecule has 0 saturated carbocycles. The minimum absolute atomic E-state index is 0.163. The zero-order valence-corrected chi connectivity index (χ0v) is 9.92. The van der Waals surface area contributed by atoms with Crippen LogP contribution in [0.25, 0.3) is 0 Å². The number of hydrogen-bond donors (Lipinski definition) is 1. The molecule has 1 N–H and O–H groups in total. The normalized spacial score (nSPS) is 10.8. The van der Waals surface area contributed by atoms with Crippen molar-refractivity contribution in [3.8, 4) is 5.75 Å². The summed E-state index contributed by atoms with van der Waals surface area (Å²) in [4.78, 5) is 8.30. The third-order valence-corrected chi connectivity index (χ3v) is 2.44. The molecule has 0 saturated heterocycles. The lowest BCUT2D eigenvalue weighted by atomic mass is 10.3. The summed E-state index contributed by atoms with van der Waals surface area (Å²) in [7, 11) is 0. The second-order valence-electron chi connectivity index (χ2n) is 3.15. The molecule has 0 bridgehead atoms. The standard InChI is InChI=1S/C12H9BrN2O/c13-9-5-6-10(14-7-9)8-15-11-3-1-2-4-12(11)16/h1-8,16H/b15-8+. The quantitative estimate of drug-likeness (QED) is 0.856. The second kappa shape index (κ2) is 4.90. The van der Waals surface area contributed by atoms with E-state index in [2.05, 4.69) is 25.9 Å². The van der Waals surface area contributed by atoms with Gasteiger partial charge in [-0.3, -0.25) is 9.98 Å². The highest BCUT2D eigenvalue weighted by atomic mass is 79.9. The fourth-order valence-electron chi connectivity index (χ4n) is 1.17. The van der Waals surface area contributed by atoms with Gasteiger partial charge in [-0.15, -0.1) is 0 Å². The van der Waals surface area contributed by atoms with Crippen molar-refractivity contribution >= 4 is 27.8 Å². The van der Waals surface area contributed by atoms with E-state index >= 15 is 0 Å². The first-order valence-electron chi connectivity index (χ1n) is 4.69. The average Bonchev–Trinajstić information content (AvgIpc) is 2.30. The Kier molecular flexibility index (Phi) is 3.31. The molecular weight excluding hydrogens is 268 g/mol. The number of rotatable bonds is 2. The number of para-hydroxylation sites is 2. The fourth-order valence-corrected chi connectivity index (χ4v) is 1.41. The number of phenolic OH excluding ortho intramolecular Hbond substituents is 1. The minimum Gasteiger partial charge on any atom is -0.506 e. The molecule has 16 heavy (non-hydrogen) atoms. The van der Waals surface area contributed by atoms with Crippen LogP contribution in [0.2, 0.25) is 0 Å². The van der Waals surface area contributed by atoms with Crippen LogP contribution in [0.15, 0.2) is 52.1 Å². The van der Waals surface area contributed by atoms with Crippen LogP contribution in [0.5, 0.6) is 5.75 Å². The van der Waals surface area contributed by atoms with Crippen LogP contribution in [0.3, 0.4) is 0 Å². The maximum absolute atomic E-state index is 9.49. The van der Waals surface area contributed by atoms with Gasteiger partial charge in [-0.25, -0.2) is 0 Å². The third kappa shape index (κ3) is 2.67. The summed E-state index contributed by atoms with van der Waals surface area (Å²) in [6.07, 6.45) is 3.31. The number of benzene rings is 1. The van der Waals surface area contributed by atoms with E-state index in [9.17, 15) is 5.11 Å². The number of pyridine rings is 1. The van der Waals surface area contributed by atoms with Gasteiger partial charge in [0.25, 0.3) is 0 Å². The number of nitrogens with zero attached hydrogens (tertiary/aromatic N) is 2. The van der Waals surface area contributed by atoms with E-state index in [0.717, 1.165) is 10.2 Å². The van der Waals surface area contributed by atoms with Crippen LogP contribution in [0, 0.1) is 0 Å². The van der Waals surface area contributed by atoms with Gasteiger partial charge in [0.1, 0.15) is 11.4 Å². The van der Waals surface area contributed by atoms with Crippen molar-refractivity contribution in [2.24, 2.45) is 4.99 Å². The minimum atomic E-state index is 0.163. The zero-order chi connectivity index (χ0) is 11.4. The molecular formula is C12H9BrN2O. The Morgan fingerprint density at radius 3 is 2.69 bits per heavy atom. The first-order chi connectivity index (χ1) is 7.75. The predicted octanol–water partition coefficient (Wildman–Crippen LogP) is 3.30. The van der Waals surface area contributed by atoms with Crippen LogP contribution in [-0.4, -0.2) is 16.3 Å². The number of aromatic hydroxyl groups is 1. The van der Waals surface area contributed by atoms with Crippen LogP contribution < -0.4 is 0 Å². The molecule has 0 aliphatic carbocycles. The highest BCUT2D eigenvalue weighted by Crippen LogP contribution is 2.24. The van der Waals surface area contributed by atoms with Crippen molar-refractivity contribution in [2.45, 2.75) is 0 Å². The zero-order valence-electron chi connectivity index (χ0n) is 8.34. The summed E-state index contributed by atoms with van der Waals surface area (Å²) in [6.45, 7) is 0. The van der Waals surface area contributed by atoms with Gasteiger partial charge in [-0.05, 0) is 40.2 Å². The Labute approximate surface area is 102 Å². The Hall–Kier alpha value is -1.68. The van der Waals surface area contributed by atoms with Gasteiger partial charge < -0.3 is 5.11 Å². The van der Waals surface area contributed by atoms with Gasteiger partial charge in [0, 0.05) is 10.7 Å². The van der Waals surface area contributed by atoms with Crippen molar-refractivity contribution in [2.75, 3.05) is 0 Å². The molecule has 4 heteroatoms. The summed E-state index contributed by atoms with van der Waals surface area (Å²) in [5.74, 6) is 0.163. The number of aliphatic imine (C=N–C) groups is 1. The third-order valence-electron chi connectivity index (χ3n) is 1.97. The molecule has 1 aromatic heterocycles. The van der Waals surface area contributed by atoms with Crippen molar-refractivity contribution < 1.29 is 5.11 Å². The number of hydrogen-bond acceptors (Lipinski definition) is 3. The molecule has 0 amide bonds. The van der Waals surface area contributed by atoms with E-state index in [1.165, 1.54) is 0 Å². The van der Waals surface area contributed by atoms with Crippen LogP contribution in [0.4, 0.5) is 5.69 Å². The Morgan fingerprint density at radius 1 is 1.19 bits per heavy atom. The van der Waals surface area contributed by atoms with Gasteiger partial charge >= 0.3 is 0 Å². The van der Waals surface area contributed by atoms with Gasteiger partial charge in [0.05, 0.1) is 11.9 Å². The molecule has 2 aromatic rings. The van der Waals surface area contributed by atoms with Crippen LogP contribution in [0.1, 0.15) is 5.69 Å². The summed E-state index contributed by atoms with van der Waals surface area (Å²) < 4.78 is 0.923. The summed E-state index contributed by atoms with van der Waals surface area (Å²) in [6, 6.07) is 10.6. The number of phenols is 1. The summed E-state index contributed by atoms with van der Waals surface area (Å²) in [5.41, 5.74) is 1.28. The molecule has 0 aliphatic rings. The van der Waals surface area contributed by atoms with Crippen molar-refractivity contribution in [3.05, 3.63) is 52.8 Å². The molecule has 0 fully saturated rings. The topological polar surface area (TPSA) is 45.5 Å². The molecule has 3 nitrogen and oxygen atoms in total. The lowest BCUT2D eigenvalue weighted by molar-refractivity contribution is 0.477. The first-order valence-corrected chi connectivity index (χ1v) is 5.48. The maximum atomic E-state index is 9.49. The van der Waals surface area contributed by atoms with E-state index in [1.54, 1.807) is 30.6 Å². The van der Waals surface area contributed by atoms with Gasteiger partial charge in [-0.2, -0.15) is 0 Å². The van der Waals surface area contributed by atoms with E-state index in [-0.39, 0.29) is 5.75 Å². The van der Waals surface area contributed by atoms with E-state index in [1.807, 2.05) is 18.2 Å². The lowest BCUT2D eigenvalue weighted by Crippen LogP contribution is -1.85. The smallest absolute Gasteiger partial charge is 0.141 e. The highest BCUT2D eigenvalue weighted by Gasteiger charge is 1.95. The van der Waals surface area contributed by atoms with Crippen molar-refractivity contribution in [1.29, 1.82) is 0 Å². The number of aromatic nitrogens is 1. The van der Waals surface area contributed by atoms with E-state index in [4.69, 9.17) is 0 Å². The molecule has 0 atom stereocenters. The van der Waals surface area contributed by atoms with E-state index in [0.29, 0.717) is 5.69 Å². The Morgan fingerprint density at radius 2 is 2.00 bits per heavy atom. The maximum Gasteiger partial charge on any atom is 0.141 e. The van der Waals surface area contributed by atoms with Crippen LogP contribution >= 0.6 is 15.9 Å². The summed E-state index contributed by atoms with van der Waals surface area (Å²) in [5, 5.41) is 9.49. The first kappa shape index (κ1) is 10.8. The second-order valence-corrected chi connectivity index (χ2v) is 4.06. The molecule has 0 aliphatic heterocycles. The van der Waals surface area contributed by atoms with Crippen molar-refractivity contribution in [3.63, 3.8) is 0 Å². The fraction of sp³-hybridized carbons (Fsp3) is 0. The molecule has 2 rings (SSSR count). The number of halogens is 1. The molecule has 0 spiro atoms.